The van der Waals surface area contributed by atoms with Crippen LogP contribution in [0.1, 0.15) is 17.5 Å². The van der Waals surface area contributed by atoms with Gasteiger partial charge in [-0.25, -0.2) is 5.01 Å². The molecule has 7 nitrogen and oxygen atoms in total. The van der Waals surface area contributed by atoms with E-state index in [4.69, 9.17) is 0 Å². The minimum atomic E-state index is -0.0456. The fourth-order valence-electron chi connectivity index (χ4n) is 3.75. The third-order valence-corrected chi connectivity index (χ3v) is 6.36. The van der Waals surface area contributed by atoms with E-state index in [2.05, 4.69) is 33.3 Å². The summed E-state index contributed by atoms with van der Waals surface area (Å²) in [6.07, 6.45) is 4.22. The number of hydrogen-bond acceptors (Lipinski definition) is 6. The Hall–Kier alpha value is -3.78. The molecule has 0 N–H and O–H groups in total. The Morgan fingerprint density at radius 2 is 1.70 bits per heavy atom. The van der Waals surface area contributed by atoms with E-state index in [9.17, 15) is 4.79 Å². The largest absolute Gasteiger partial charge is 0.272 e. The molecule has 0 bridgehead atoms. The van der Waals surface area contributed by atoms with Crippen LogP contribution >= 0.6 is 11.8 Å². The van der Waals surface area contributed by atoms with Gasteiger partial charge in [0.15, 0.2) is 11.0 Å². The number of aromatic nitrogens is 4. The molecule has 164 valence electrons. The third-order valence-electron chi connectivity index (χ3n) is 5.45. The Labute approximate surface area is 196 Å². The molecule has 0 unspecified atom stereocenters. The summed E-state index contributed by atoms with van der Waals surface area (Å²) in [6.45, 7) is 2.64. The fourth-order valence-corrected chi connectivity index (χ4v) is 4.57. The molecular formula is C25H22N6OS. The van der Waals surface area contributed by atoms with Crippen LogP contribution in [0.5, 0.6) is 0 Å². The summed E-state index contributed by atoms with van der Waals surface area (Å²) >= 11 is 1.37. The number of aryl methyl sites for hydroxylation is 1. The maximum atomic E-state index is 12.9. The van der Waals surface area contributed by atoms with Gasteiger partial charge >= 0.3 is 0 Å². The van der Waals surface area contributed by atoms with Crippen molar-refractivity contribution in [1.82, 2.24) is 24.8 Å². The van der Waals surface area contributed by atoms with Gasteiger partial charge in [0.25, 0.3) is 5.91 Å². The number of carbonyl (C=O) groups excluding carboxylic acids is 1. The van der Waals surface area contributed by atoms with E-state index in [1.54, 1.807) is 17.4 Å². The van der Waals surface area contributed by atoms with Gasteiger partial charge in [-0.2, -0.15) is 5.10 Å². The summed E-state index contributed by atoms with van der Waals surface area (Å²) in [4.78, 5) is 17.0. The van der Waals surface area contributed by atoms with Crippen LogP contribution in [0.25, 0.3) is 17.1 Å². The lowest BCUT2D eigenvalue weighted by molar-refractivity contribution is -0.127. The lowest BCUT2D eigenvalue weighted by atomic mass is 10.1. The van der Waals surface area contributed by atoms with Gasteiger partial charge in [0.1, 0.15) is 0 Å². The van der Waals surface area contributed by atoms with Gasteiger partial charge in [0, 0.05) is 24.4 Å². The second-order valence-corrected chi connectivity index (χ2v) is 8.57. The average molecular weight is 455 g/mol. The zero-order valence-electron chi connectivity index (χ0n) is 18.1. The van der Waals surface area contributed by atoms with Crippen molar-refractivity contribution in [3.63, 3.8) is 0 Å². The summed E-state index contributed by atoms with van der Waals surface area (Å²) in [5.74, 6) is 0.897. The number of pyridine rings is 1. The first-order valence-corrected chi connectivity index (χ1v) is 11.7. The smallest absolute Gasteiger partial charge is 0.253 e. The first-order chi connectivity index (χ1) is 16.2. The Bertz CT molecular complexity index is 1300. The van der Waals surface area contributed by atoms with Crippen molar-refractivity contribution in [1.29, 1.82) is 0 Å². The second-order valence-electron chi connectivity index (χ2n) is 7.63. The molecule has 0 radical (unpaired) electrons. The molecule has 8 heteroatoms. The van der Waals surface area contributed by atoms with E-state index in [1.807, 2.05) is 65.2 Å². The predicted molar refractivity (Wildman–Crippen MR) is 129 cm³/mol. The Morgan fingerprint density at radius 1 is 0.939 bits per heavy atom. The molecule has 33 heavy (non-hydrogen) atoms. The highest BCUT2D eigenvalue weighted by Crippen LogP contribution is 2.29. The highest BCUT2D eigenvalue weighted by atomic mass is 32.2. The van der Waals surface area contributed by atoms with Crippen LogP contribution in [0, 0.1) is 6.92 Å². The first-order valence-electron chi connectivity index (χ1n) is 10.7. The van der Waals surface area contributed by atoms with Crippen molar-refractivity contribution < 1.29 is 4.79 Å². The maximum absolute atomic E-state index is 12.9. The van der Waals surface area contributed by atoms with Gasteiger partial charge in [-0.1, -0.05) is 60.3 Å². The summed E-state index contributed by atoms with van der Waals surface area (Å²) < 4.78 is 2.01. The van der Waals surface area contributed by atoms with Gasteiger partial charge in [0.05, 0.1) is 23.7 Å². The summed E-state index contributed by atoms with van der Waals surface area (Å²) in [6, 6.07) is 21.9. The molecule has 0 fully saturated rings. The van der Waals surface area contributed by atoms with Crippen LogP contribution < -0.4 is 0 Å². The van der Waals surface area contributed by atoms with E-state index < -0.39 is 0 Å². The second kappa shape index (κ2) is 9.38. The minimum Gasteiger partial charge on any atom is -0.272 e. The molecule has 1 amide bonds. The molecule has 0 saturated carbocycles. The molecule has 3 heterocycles. The molecule has 1 aliphatic rings. The third kappa shape index (κ3) is 4.42. The van der Waals surface area contributed by atoms with Crippen LogP contribution in [-0.4, -0.2) is 48.7 Å². The summed E-state index contributed by atoms with van der Waals surface area (Å²) in [5, 5.41) is 15.6. The van der Waals surface area contributed by atoms with Crippen LogP contribution in [0.15, 0.2) is 89.4 Å². The van der Waals surface area contributed by atoms with Crippen molar-refractivity contribution >= 4 is 23.4 Å². The number of thioether (sulfide) groups is 1. The van der Waals surface area contributed by atoms with Crippen molar-refractivity contribution in [3.05, 3.63) is 90.3 Å². The number of hydrazone groups is 1. The number of nitrogens with zero attached hydrogens (tertiary/aromatic N) is 6. The molecular weight excluding hydrogens is 432 g/mol. The molecule has 0 spiro atoms. The molecule has 0 atom stereocenters. The van der Waals surface area contributed by atoms with E-state index in [-0.39, 0.29) is 11.7 Å². The standard InChI is InChI=1S/C25H22N6OS/c1-18-7-5-6-10-22(18)31-24(20-11-14-26-15-12-20)27-28-25(31)33-17-23(32)30-16-13-21(29-30)19-8-3-2-4-9-19/h2-12,14-15H,13,16-17H2,1H3. The average Bonchev–Trinajstić information content (AvgIpc) is 3.52. The van der Waals surface area contributed by atoms with Crippen molar-refractivity contribution in [3.8, 4) is 17.1 Å². The molecule has 1 aliphatic heterocycles. The maximum Gasteiger partial charge on any atom is 0.253 e. The van der Waals surface area contributed by atoms with Crippen LogP contribution in [0.4, 0.5) is 0 Å². The lowest BCUT2D eigenvalue weighted by Crippen LogP contribution is -2.25. The zero-order chi connectivity index (χ0) is 22.6. The molecule has 4 aromatic rings. The van der Waals surface area contributed by atoms with E-state index in [1.165, 1.54) is 11.8 Å². The zero-order valence-corrected chi connectivity index (χ0v) is 18.9. The van der Waals surface area contributed by atoms with Crippen LogP contribution in [0.2, 0.25) is 0 Å². The van der Waals surface area contributed by atoms with E-state index in [0.29, 0.717) is 17.5 Å². The van der Waals surface area contributed by atoms with Gasteiger partial charge in [-0.3, -0.25) is 14.3 Å². The van der Waals surface area contributed by atoms with Gasteiger partial charge < -0.3 is 0 Å². The van der Waals surface area contributed by atoms with Gasteiger partial charge in [-0.05, 0) is 36.2 Å². The topological polar surface area (TPSA) is 76.3 Å². The van der Waals surface area contributed by atoms with Crippen LogP contribution in [0.3, 0.4) is 0 Å². The van der Waals surface area contributed by atoms with Crippen molar-refractivity contribution in [2.45, 2.75) is 18.5 Å². The first kappa shape index (κ1) is 21.1. The predicted octanol–water partition coefficient (Wildman–Crippen LogP) is 4.37. The van der Waals surface area contributed by atoms with Crippen LogP contribution in [-0.2, 0) is 4.79 Å². The minimum absolute atomic E-state index is 0.0456. The number of para-hydroxylation sites is 1. The quantitative estimate of drug-likeness (QED) is 0.405. The van der Waals surface area contributed by atoms with Gasteiger partial charge in [0.2, 0.25) is 0 Å². The van der Waals surface area contributed by atoms with E-state index >= 15 is 0 Å². The molecule has 2 aromatic heterocycles. The summed E-state index contributed by atoms with van der Waals surface area (Å²) in [7, 11) is 0. The fraction of sp³-hybridized carbons (Fsp3) is 0.160. The monoisotopic (exact) mass is 454 g/mol. The number of amides is 1. The molecule has 5 rings (SSSR count). The highest BCUT2D eigenvalue weighted by molar-refractivity contribution is 7.99. The SMILES string of the molecule is Cc1ccccc1-n1c(SCC(=O)N2CCC(c3ccccc3)=N2)nnc1-c1ccncc1. The number of benzene rings is 2. The Balaban J connectivity index is 1.39. The number of rotatable bonds is 6. The molecule has 0 aliphatic carbocycles. The number of carbonyl (C=O) groups is 1. The van der Waals surface area contributed by atoms with Crippen molar-refractivity contribution in [2.75, 3.05) is 12.3 Å². The molecule has 0 saturated heterocycles. The lowest BCUT2D eigenvalue weighted by Gasteiger charge is -2.14. The van der Waals surface area contributed by atoms with E-state index in [0.717, 1.165) is 34.5 Å². The summed E-state index contributed by atoms with van der Waals surface area (Å²) in [5.41, 5.74) is 4.99. The molecule has 2 aromatic carbocycles. The van der Waals surface area contributed by atoms with Gasteiger partial charge in [-0.15, -0.1) is 10.2 Å². The normalized spacial score (nSPS) is 13.2. The Kier molecular flexibility index (Phi) is 5.99. The van der Waals surface area contributed by atoms with Crippen molar-refractivity contribution in [2.24, 2.45) is 5.10 Å². The number of hydrogen-bond donors (Lipinski definition) is 0. The Morgan fingerprint density at radius 3 is 2.48 bits per heavy atom. The highest BCUT2D eigenvalue weighted by Gasteiger charge is 2.23.